The van der Waals surface area contributed by atoms with E-state index in [1.54, 1.807) is 49.6 Å². The van der Waals surface area contributed by atoms with Gasteiger partial charge in [-0.05, 0) is 31.2 Å². The van der Waals surface area contributed by atoms with Crippen molar-refractivity contribution in [1.29, 1.82) is 0 Å². The molecule has 29 heavy (non-hydrogen) atoms. The van der Waals surface area contributed by atoms with Crippen molar-refractivity contribution in [3.05, 3.63) is 53.6 Å². The Morgan fingerprint density at radius 1 is 1.00 bits per heavy atom. The van der Waals surface area contributed by atoms with Crippen molar-refractivity contribution < 1.29 is 28.6 Å². The maximum absolute atomic E-state index is 12.7. The molecule has 1 aliphatic rings. The highest BCUT2D eigenvalue weighted by Crippen LogP contribution is 2.31. The quantitative estimate of drug-likeness (QED) is 0.542. The predicted octanol–water partition coefficient (Wildman–Crippen LogP) is 2.34. The van der Waals surface area contributed by atoms with Crippen LogP contribution in [0.15, 0.2) is 42.5 Å². The van der Waals surface area contributed by atoms with Gasteiger partial charge >= 0.3 is 0 Å². The van der Waals surface area contributed by atoms with E-state index in [-0.39, 0.29) is 0 Å². The molecular weight excluding hydrogens is 376 g/mol. The molecule has 0 aromatic heterocycles. The molecule has 0 saturated heterocycles. The topological polar surface area (TPSA) is 94.2 Å². The second-order valence-electron chi connectivity index (χ2n) is 6.40. The number of carbonyl (C=O) groups excluding carboxylic acids is 3. The number of hydrogen-bond acceptors (Lipinski definition) is 6. The predicted molar refractivity (Wildman–Crippen MR) is 105 cm³/mol. The van der Waals surface area contributed by atoms with Crippen LogP contribution in [0, 0.1) is 0 Å². The highest BCUT2D eigenvalue weighted by molar-refractivity contribution is 6.23. The summed E-state index contributed by atoms with van der Waals surface area (Å²) in [5, 5.41) is 2.72. The largest absolute Gasteiger partial charge is 0.493 e. The van der Waals surface area contributed by atoms with Crippen molar-refractivity contribution in [1.82, 2.24) is 4.90 Å². The van der Waals surface area contributed by atoms with E-state index in [1.165, 1.54) is 14.0 Å². The van der Waals surface area contributed by atoms with Gasteiger partial charge < -0.3 is 19.5 Å². The molecule has 0 fully saturated rings. The van der Waals surface area contributed by atoms with E-state index >= 15 is 0 Å². The first-order chi connectivity index (χ1) is 14.0. The Balaban J connectivity index is 1.74. The number of rotatable bonds is 8. The number of imide groups is 1. The third-order valence-electron chi connectivity index (χ3n) is 4.57. The number of amides is 3. The maximum Gasteiger partial charge on any atom is 0.262 e. The van der Waals surface area contributed by atoms with Crippen LogP contribution in [0.25, 0.3) is 0 Å². The summed E-state index contributed by atoms with van der Waals surface area (Å²) < 4.78 is 15.8. The Labute approximate surface area is 168 Å². The Hall–Kier alpha value is -3.39. The van der Waals surface area contributed by atoms with Crippen molar-refractivity contribution in [2.24, 2.45) is 0 Å². The molecule has 3 amide bonds. The van der Waals surface area contributed by atoms with Crippen LogP contribution in [0.5, 0.6) is 11.5 Å². The normalized spacial score (nSPS) is 13.8. The highest BCUT2D eigenvalue weighted by atomic mass is 16.5. The number of fused-ring (bicyclic) bond motifs is 1. The second kappa shape index (κ2) is 8.74. The molecular formula is C21H22N2O6. The fraction of sp³-hybridized carbons (Fsp3) is 0.286. The summed E-state index contributed by atoms with van der Waals surface area (Å²) in [5.41, 5.74) is 1.05. The van der Waals surface area contributed by atoms with Crippen LogP contribution in [-0.4, -0.2) is 56.1 Å². The van der Waals surface area contributed by atoms with Crippen LogP contribution in [0.3, 0.4) is 0 Å². The summed E-state index contributed by atoms with van der Waals surface area (Å²) in [7, 11) is 3.08. The van der Waals surface area contributed by atoms with Crippen LogP contribution < -0.4 is 14.8 Å². The summed E-state index contributed by atoms with van der Waals surface area (Å²) in [4.78, 5) is 38.8. The van der Waals surface area contributed by atoms with Gasteiger partial charge in [-0.2, -0.15) is 0 Å². The molecule has 0 spiro atoms. The third-order valence-corrected chi connectivity index (χ3v) is 4.57. The molecule has 8 heteroatoms. The molecule has 3 rings (SSSR count). The first kappa shape index (κ1) is 20.3. The first-order valence-electron chi connectivity index (χ1n) is 9.05. The maximum atomic E-state index is 12.7. The highest BCUT2D eigenvalue weighted by Gasteiger charge is 2.40. The number of hydrogen-bond donors (Lipinski definition) is 1. The van der Waals surface area contributed by atoms with Crippen LogP contribution in [0.1, 0.15) is 27.6 Å². The monoisotopic (exact) mass is 398 g/mol. The minimum atomic E-state index is -0.984. The molecule has 0 bridgehead atoms. The minimum Gasteiger partial charge on any atom is -0.493 e. The molecule has 1 aliphatic heterocycles. The molecule has 1 heterocycles. The Bertz CT molecular complexity index is 908. The summed E-state index contributed by atoms with van der Waals surface area (Å²) in [6.07, 6.45) is 0. The van der Waals surface area contributed by atoms with E-state index in [1.807, 2.05) is 0 Å². The van der Waals surface area contributed by atoms with Crippen molar-refractivity contribution in [3.63, 3.8) is 0 Å². The van der Waals surface area contributed by atoms with Gasteiger partial charge in [-0.25, -0.2) is 0 Å². The number of anilines is 1. The summed E-state index contributed by atoms with van der Waals surface area (Å²) in [6, 6.07) is 10.4. The number of nitrogens with zero attached hydrogens (tertiary/aromatic N) is 1. The van der Waals surface area contributed by atoms with E-state index < -0.39 is 23.8 Å². The molecule has 1 N–H and O–H groups in total. The van der Waals surface area contributed by atoms with E-state index in [4.69, 9.17) is 14.2 Å². The summed E-state index contributed by atoms with van der Waals surface area (Å²) >= 11 is 0. The lowest BCUT2D eigenvalue weighted by molar-refractivity contribution is -0.119. The molecule has 2 aromatic carbocycles. The Morgan fingerprint density at radius 2 is 1.66 bits per heavy atom. The zero-order valence-corrected chi connectivity index (χ0v) is 16.4. The SMILES string of the molecule is COCCOc1cc(NC(=O)C(C)N2C(=O)c3ccccc3C2=O)ccc1OC. The first-order valence-corrected chi connectivity index (χ1v) is 9.05. The van der Waals surface area contributed by atoms with E-state index in [0.29, 0.717) is 41.5 Å². The van der Waals surface area contributed by atoms with Gasteiger partial charge in [-0.3, -0.25) is 19.3 Å². The molecule has 1 atom stereocenters. The van der Waals surface area contributed by atoms with E-state index in [2.05, 4.69) is 5.32 Å². The molecule has 0 aliphatic carbocycles. The lowest BCUT2D eigenvalue weighted by Crippen LogP contribution is -2.45. The van der Waals surface area contributed by atoms with Crippen LogP contribution in [0.2, 0.25) is 0 Å². The van der Waals surface area contributed by atoms with Gasteiger partial charge in [-0.1, -0.05) is 12.1 Å². The molecule has 8 nitrogen and oxygen atoms in total. The number of nitrogens with one attached hydrogen (secondary N) is 1. The number of carbonyl (C=O) groups is 3. The third kappa shape index (κ3) is 4.07. The number of ether oxygens (including phenoxy) is 3. The van der Waals surface area contributed by atoms with Crippen LogP contribution in [0.4, 0.5) is 5.69 Å². The zero-order valence-electron chi connectivity index (χ0n) is 16.4. The van der Waals surface area contributed by atoms with Crippen molar-refractivity contribution >= 4 is 23.4 Å². The van der Waals surface area contributed by atoms with Crippen molar-refractivity contribution in [2.45, 2.75) is 13.0 Å². The number of methoxy groups -OCH3 is 2. The molecule has 1 unspecified atom stereocenters. The van der Waals surface area contributed by atoms with Crippen LogP contribution >= 0.6 is 0 Å². The second-order valence-corrected chi connectivity index (χ2v) is 6.40. The van der Waals surface area contributed by atoms with Crippen molar-refractivity contribution in [2.75, 3.05) is 32.8 Å². The summed E-state index contributed by atoms with van der Waals surface area (Å²) in [5.74, 6) is -0.506. The summed E-state index contributed by atoms with van der Waals surface area (Å²) in [6.45, 7) is 2.22. The number of benzene rings is 2. The fourth-order valence-electron chi connectivity index (χ4n) is 3.03. The zero-order chi connectivity index (χ0) is 21.0. The van der Waals surface area contributed by atoms with Gasteiger partial charge in [0, 0.05) is 18.9 Å². The molecule has 0 saturated carbocycles. The average Bonchev–Trinajstić information content (AvgIpc) is 2.98. The smallest absolute Gasteiger partial charge is 0.262 e. The van der Waals surface area contributed by atoms with Gasteiger partial charge in [-0.15, -0.1) is 0 Å². The van der Waals surface area contributed by atoms with Gasteiger partial charge in [0.15, 0.2) is 11.5 Å². The standard InChI is InChI=1S/C21H22N2O6/c1-13(23-20(25)15-6-4-5-7-16(15)21(23)26)19(24)22-14-8-9-17(28-3)18(12-14)29-11-10-27-2/h4-9,12-13H,10-11H2,1-3H3,(H,22,24). The van der Waals surface area contributed by atoms with Gasteiger partial charge in [0.1, 0.15) is 12.6 Å². The fourth-order valence-corrected chi connectivity index (χ4v) is 3.03. The van der Waals surface area contributed by atoms with Crippen molar-refractivity contribution in [3.8, 4) is 11.5 Å². The van der Waals surface area contributed by atoms with Gasteiger partial charge in [0.05, 0.1) is 24.8 Å². The molecule has 2 aromatic rings. The van der Waals surface area contributed by atoms with E-state index in [9.17, 15) is 14.4 Å². The lowest BCUT2D eigenvalue weighted by Gasteiger charge is -2.22. The lowest BCUT2D eigenvalue weighted by atomic mass is 10.1. The minimum absolute atomic E-state index is 0.301. The Kier molecular flexibility index (Phi) is 6.13. The van der Waals surface area contributed by atoms with Gasteiger partial charge in [0.2, 0.25) is 5.91 Å². The van der Waals surface area contributed by atoms with E-state index in [0.717, 1.165) is 4.90 Å². The molecule has 0 radical (unpaired) electrons. The van der Waals surface area contributed by atoms with Crippen LogP contribution in [-0.2, 0) is 9.53 Å². The van der Waals surface area contributed by atoms with Gasteiger partial charge in [0.25, 0.3) is 11.8 Å². The molecule has 152 valence electrons. The Morgan fingerprint density at radius 3 is 2.24 bits per heavy atom. The average molecular weight is 398 g/mol.